The Morgan fingerprint density at radius 2 is 2.29 bits per heavy atom. The van der Waals surface area contributed by atoms with Gasteiger partial charge in [0.2, 0.25) is 11.7 Å². The number of rotatable bonds is 3. The Bertz CT molecular complexity index is 523. The number of thioether (sulfide) groups is 1. The van der Waals surface area contributed by atoms with Gasteiger partial charge in [0.1, 0.15) is 5.82 Å². The number of nitrogens with two attached hydrogens (primary N) is 1. The van der Waals surface area contributed by atoms with Crippen LogP contribution in [0.3, 0.4) is 0 Å². The zero-order valence-corrected chi connectivity index (χ0v) is 10.5. The minimum Gasteiger partial charge on any atom is -0.338 e. The molecule has 90 valence electrons. The van der Waals surface area contributed by atoms with Crippen molar-refractivity contribution in [1.82, 2.24) is 10.1 Å². The van der Waals surface area contributed by atoms with E-state index in [4.69, 9.17) is 21.9 Å². The Morgan fingerprint density at radius 3 is 2.82 bits per heavy atom. The third-order valence-electron chi connectivity index (χ3n) is 2.10. The Morgan fingerprint density at radius 1 is 1.53 bits per heavy atom. The molecule has 0 fully saturated rings. The van der Waals surface area contributed by atoms with Gasteiger partial charge in [-0.15, -0.1) is 11.8 Å². The molecule has 1 heterocycles. The second kappa shape index (κ2) is 5.03. The van der Waals surface area contributed by atoms with Crippen molar-refractivity contribution in [3.05, 3.63) is 28.9 Å². The Hall–Kier alpha value is -1.11. The minimum atomic E-state index is -0.404. The van der Waals surface area contributed by atoms with E-state index in [2.05, 4.69) is 10.1 Å². The fraction of sp³-hybridized carbons (Fsp3) is 0.200. The van der Waals surface area contributed by atoms with Crippen molar-refractivity contribution in [2.24, 2.45) is 5.73 Å². The first-order valence-corrected chi connectivity index (χ1v) is 6.32. The average molecular weight is 274 g/mol. The molecule has 7 heteroatoms. The van der Waals surface area contributed by atoms with E-state index in [-0.39, 0.29) is 12.4 Å². The summed E-state index contributed by atoms with van der Waals surface area (Å²) >= 11 is 7.20. The fourth-order valence-corrected chi connectivity index (χ4v) is 2.29. The zero-order valence-electron chi connectivity index (χ0n) is 8.91. The van der Waals surface area contributed by atoms with E-state index in [0.717, 1.165) is 0 Å². The Labute approximate surface area is 106 Å². The lowest BCUT2D eigenvalue weighted by Gasteiger charge is -2.03. The van der Waals surface area contributed by atoms with Gasteiger partial charge in [0.05, 0.1) is 16.5 Å². The predicted octanol–water partition coefficient (Wildman–Crippen LogP) is 2.71. The molecular weight excluding hydrogens is 265 g/mol. The lowest BCUT2D eigenvalue weighted by Crippen LogP contribution is -1.95. The van der Waals surface area contributed by atoms with Crippen LogP contribution < -0.4 is 5.73 Å². The first kappa shape index (κ1) is 12.3. The molecule has 0 saturated carbocycles. The van der Waals surface area contributed by atoms with Crippen LogP contribution in [0.2, 0.25) is 5.02 Å². The van der Waals surface area contributed by atoms with Crippen LogP contribution in [-0.2, 0) is 6.54 Å². The average Bonchev–Trinajstić information content (AvgIpc) is 2.77. The smallest absolute Gasteiger partial charge is 0.240 e. The topological polar surface area (TPSA) is 64.9 Å². The second-order valence-electron chi connectivity index (χ2n) is 3.19. The van der Waals surface area contributed by atoms with Gasteiger partial charge in [-0.3, -0.25) is 0 Å². The van der Waals surface area contributed by atoms with Crippen LogP contribution in [0.5, 0.6) is 0 Å². The van der Waals surface area contributed by atoms with Gasteiger partial charge in [-0.1, -0.05) is 16.8 Å². The molecule has 2 N–H and O–H groups in total. The van der Waals surface area contributed by atoms with Gasteiger partial charge in [0.25, 0.3) is 0 Å². The van der Waals surface area contributed by atoms with E-state index >= 15 is 0 Å². The van der Waals surface area contributed by atoms with E-state index in [1.807, 2.05) is 0 Å². The molecule has 17 heavy (non-hydrogen) atoms. The molecule has 1 aromatic heterocycles. The van der Waals surface area contributed by atoms with Crippen LogP contribution in [0.15, 0.2) is 21.6 Å². The van der Waals surface area contributed by atoms with Crippen LogP contribution in [-0.4, -0.2) is 16.4 Å². The van der Waals surface area contributed by atoms with E-state index in [9.17, 15) is 4.39 Å². The van der Waals surface area contributed by atoms with Crippen molar-refractivity contribution in [3.63, 3.8) is 0 Å². The standard InChI is InChI=1S/C10H9ClFN3OS/c1-17-9-6(11)2-5(3-7(9)12)10-14-8(4-13)16-15-10/h2-3H,4,13H2,1H3. The quantitative estimate of drug-likeness (QED) is 0.871. The summed E-state index contributed by atoms with van der Waals surface area (Å²) in [4.78, 5) is 4.40. The summed E-state index contributed by atoms with van der Waals surface area (Å²) in [6.07, 6.45) is 1.75. The highest BCUT2D eigenvalue weighted by Gasteiger charge is 2.13. The van der Waals surface area contributed by atoms with E-state index in [0.29, 0.717) is 21.4 Å². The van der Waals surface area contributed by atoms with Crippen LogP contribution in [0.25, 0.3) is 11.4 Å². The molecule has 0 aliphatic heterocycles. The van der Waals surface area contributed by atoms with Crippen molar-refractivity contribution in [3.8, 4) is 11.4 Å². The van der Waals surface area contributed by atoms with E-state index < -0.39 is 5.82 Å². The number of hydrogen-bond acceptors (Lipinski definition) is 5. The van der Waals surface area contributed by atoms with Crippen molar-refractivity contribution in [2.45, 2.75) is 11.4 Å². The summed E-state index contributed by atoms with van der Waals surface area (Å²) in [5.41, 5.74) is 5.81. The first-order valence-electron chi connectivity index (χ1n) is 4.71. The maximum atomic E-state index is 13.7. The first-order chi connectivity index (χ1) is 8.15. The lowest BCUT2D eigenvalue weighted by atomic mass is 10.2. The molecule has 0 saturated heterocycles. The van der Waals surface area contributed by atoms with Gasteiger partial charge in [-0.2, -0.15) is 4.98 Å². The van der Waals surface area contributed by atoms with Crippen molar-refractivity contribution in [2.75, 3.05) is 6.26 Å². The molecule has 4 nitrogen and oxygen atoms in total. The van der Waals surface area contributed by atoms with Gasteiger partial charge in [0.15, 0.2) is 0 Å². The summed E-state index contributed by atoms with van der Waals surface area (Å²) in [5.74, 6) is 0.170. The molecule has 0 atom stereocenters. The van der Waals surface area contributed by atoms with Gasteiger partial charge in [0, 0.05) is 5.56 Å². The minimum absolute atomic E-state index is 0.145. The highest BCUT2D eigenvalue weighted by molar-refractivity contribution is 7.98. The molecule has 0 amide bonds. The third kappa shape index (κ3) is 2.43. The molecular formula is C10H9ClFN3OS. The highest BCUT2D eigenvalue weighted by Crippen LogP contribution is 2.32. The van der Waals surface area contributed by atoms with Gasteiger partial charge in [-0.25, -0.2) is 4.39 Å². The van der Waals surface area contributed by atoms with E-state index in [1.54, 1.807) is 12.3 Å². The summed E-state index contributed by atoms with van der Waals surface area (Å²) < 4.78 is 18.5. The van der Waals surface area contributed by atoms with Crippen LogP contribution >= 0.6 is 23.4 Å². The Balaban J connectivity index is 2.46. The molecule has 0 aliphatic carbocycles. The van der Waals surface area contributed by atoms with Gasteiger partial charge in [-0.05, 0) is 18.4 Å². The molecule has 2 aromatic rings. The fourth-order valence-electron chi connectivity index (χ4n) is 1.34. The molecule has 0 spiro atoms. The monoisotopic (exact) mass is 273 g/mol. The summed E-state index contributed by atoms with van der Waals surface area (Å²) in [6, 6.07) is 2.92. The maximum Gasteiger partial charge on any atom is 0.240 e. The molecule has 2 rings (SSSR count). The number of hydrogen-bond donors (Lipinski definition) is 1. The summed E-state index contributed by atoms with van der Waals surface area (Å²) in [5, 5.41) is 4.02. The summed E-state index contributed by atoms with van der Waals surface area (Å²) in [6.45, 7) is 0.145. The molecule has 1 aromatic carbocycles. The number of benzene rings is 1. The molecule has 0 unspecified atom stereocenters. The third-order valence-corrected chi connectivity index (χ3v) is 3.34. The number of aromatic nitrogens is 2. The SMILES string of the molecule is CSc1c(F)cc(-c2noc(CN)n2)cc1Cl. The normalized spacial score (nSPS) is 10.8. The number of halogens is 2. The summed E-state index contributed by atoms with van der Waals surface area (Å²) in [7, 11) is 0. The molecule has 0 aliphatic rings. The predicted molar refractivity (Wildman–Crippen MR) is 64.4 cm³/mol. The lowest BCUT2D eigenvalue weighted by molar-refractivity contribution is 0.380. The second-order valence-corrected chi connectivity index (χ2v) is 4.41. The van der Waals surface area contributed by atoms with Crippen molar-refractivity contribution < 1.29 is 8.91 Å². The largest absolute Gasteiger partial charge is 0.338 e. The van der Waals surface area contributed by atoms with Gasteiger partial charge >= 0.3 is 0 Å². The molecule has 0 radical (unpaired) electrons. The van der Waals surface area contributed by atoms with E-state index in [1.165, 1.54) is 17.8 Å². The van der Waals surface area contributed by atoms with Gasteiger partial charge < -0.3 is 10.3 Å². The highest BCUT2D eigenvalue weighted by atomic mass is 35.5. The zero-order chi connectivity index (χ0) is 12.4. The Kier molecular flexibility index (Phi) is 3.66. The van der Waals surface area contributed by atoms with Crippen molar-refractivity contribution >= 4 is 23.4 Å². The maximum absolute atomic E-state index is 13.7. The number of nitrogens with zero attached hydrogens (tertiary/aromatic N) is 2. The molecule has 0 bridgehead atoms. The van der Waals surface area contributed by atoms with Crippen LogP contribution in [0, 0.1) is 5.82 Å². The van der Waals surface area contributed by atoms with Crippen molar-refractivity contribution in [1.29, 1.82) is 0 Å². The van der Waals surface area contributed by atoms with Crippen LogP contribution in [0.4, 0.5) is 4.39 Å². The van der Waals surface area contributed by atoms with Crippen LogP contribution in [0.1, 0.15) is 5.89 Å².